The van der Waals surface area contributed by atoms with Gasteiger partial charge < -0.3 is 10.5 Å². The van der Waals surface area contributed by atoms with Gasteiger partial charge in [0.15, 0.2) is 0 Å². The molecule has 0 saturated heterocycles. The first kappa shape index (κ1) is 12.7. The van der Waals surface area contributed by atoms with Gasteiger partial charge in [-0.25, -0.2) is 4.98 Å². The van der Waals surface area contributed by atoms with Crippen molar-refractivity contribution in [2.24, 2.45) is 5.73 Å². The number of aromatic nitrogens is 1. The zero-order chi connectivity index (χ0) is 13.0. The minimum absolute atomic E-state index is 0.399. The Morgan fingerprint density at radius 2 is 2.17 bits per heavy atom. The standard InChI is InChI=1S/C13H14N2O2S/c1-17-13(16)11(14)7-10-8-18-12(15-10)9-5-3-2-4-6-9/h2-6,8,11H,7,14H2,1H3/t11-/m0/s1. The molecule has 1 aromatic heterocycles. The average molecular weight is 262 g/mol. The van der Waals surface area contributed by atoms with E-state index in [9.17, 15) is 4.79 Å². The molecule has 0 aliphatic rings. The van der Waals surface area contributed by atoms with Crippen molar-refractivity contribution in [3.8, 4) is 10.6 Å². The average Bonchev–Trinajstić information content (AvgIpc) is 2.87. The molecule has 18 heavy (non-hydrogen) atoms. The first-order valence-corrected chi connectivity index (χ1v) is 6.42. The number of hydrogen-bond donors (Lipinski definition) is 1. The van der Waals surface area contributed by atoms with E-state index in [2.05, 4.69) is 9.72 Å². The van der Waals surface area contributed by atoms with E-state index in [0.29, 0.717) is 6.42 Å². The third kappa shape index (κ3) is 2.94. The van der Waals surface area contributed by atoms with Crippen molar-refractivity contribution in [3.63, 3.8) is 0 Å². The molecule has 2 N–H and O–H groups in total. The van der Waals surface area contributed by atoms with E-state index < -0.39 is 12.0 Å². The Labute approximate surface area is 109 Å². The van der Waals surface area contributed by atoms with Crippen LogP contribution in [0.25, 0.3) is 10.6 Å². The van der Waals surface area contributed by atoms with Crippen molar-refractivity contribution in [1.82, 2.24) is 4.98 Å². The molecule has 4 nitrogen and oxygen atoms in total. The minimum Gasteiger partial charge on any atom is -0.468 e. The number of ether oxygens (including phenoxy) is 1. The molecule has 2 aromatic rings. The summed E-state index contributed by atoms with van der Waals surface area (Å²) in [5.41, 5.74) is 7.58. The Morgan fingerprint density at radius 3 is 2.83 bits per heavy atom. The second-order valence-corrected chi connectivity index (χ2v) is 4.70. The van der Waals surface area contributed by atoms with E-state index in [-0.39, 0.29) is 0 Å². The normalized spacial score (nSPS) is 12.1. The van der Waals surface area contributed by atoms with Crippen LogP contribution in [-0.2, 0) is 16.0 Å². The zero-order valence-corrected chi connectivity index (χ0v) is 10.8. The van der Waals surface area contributed by atoms with Crippen LogP contribution in [0.3, 0.4) is 0 Å². The summed E-state index contributed by atoms with van der Waals surface area (Å²) in [6.45, 7) is 0. The lowest BCUT2D eigenvalue weighted by Gasteiger charge is -2.06. The van der Waals surface area contributed by atoms with Gasteiger partial charge in [0.2, 0.25) is 0 Å². The van der Waals surface area contributed by atoms with Gasteiger partial charge in [0.1, 0.15) is 11.0 Å². The van der Waals surface area contributed by atoms with Crippen LogP contribution in [-0.4, -0.2) is 24.1 Å². The molecule has 1 heterocycles. The number of rotatable bonds is 4. The van der Waals surface area contributed by atoms with Gasteiger partial charge in [-0.2, -0.15) is 0 Å². The maximum atomic E-state index is 11.2. The number of thiazole rings is 1. The van der Waals surface area contributed by atoms with E-state index in [4.69, 9.17) is 5.73 Å². The Kier molecular flexibility index (Phi) is 4.07. The van der Waals surface area contributed by atoms with Crippen molar-refractivity contribution in [2.75, 3.05) is 7.11 Å². The Balaban J connectivity index is 2.09. The molecular weight excluding hydrogens is 248 g/mol. The molecule has 0 amide bonds. The number of methoxy groups -OCH3 is 1. The monoisotopic (exact) mass is 262 g/mol. The third-order valence-electron chi connectivity index (χ3n) is 2.51. The van der Waals surface area contributed by atoms with Crippen molar-refractivity contribution in [3.05, 3.63) is 41.4 Å². The van der Waals surface area contributed by atoms with E-state index in [1.165, 1.54) is 7.11 Å². The summed E-state index contributed by atoms with van der Waals surface area (Å²) in [4.78, 5) is 15.7. The lowest BCUT2D eigenvalue weighted by atomic mass is 10.2. The predicted octanol–water partition coefficient (Wildman–Crippen LogP) is 1.85. The number of nitrogens with two attached hydrogens (primary N) is 1. The van der Waals surface area contributed by atoms with E-state index >= 15 is 0 Å². The van der Waals surface area contributed by atoms with Gasteiger partial charge in [0.25, 0.3) is 0 Å². The van der Waals surface area contributed by atoms with Gasteiger partial charge in [-0.05, 0) is 0 Å². The molecule has 0 spiro atoms. The first-order valence-electron chi connectivity index (χ1n) is 5.54. The number of nitrogens with zero attached hydrogens (tertiary/aromatic N) is 1. The molecule has 0 fully saturated rings. The van der Waals surface area contributed by atoms with Gasteiger partial charge in [0, 0.05) is 17.4 Å². The largest absolute Gasteiger partial charge is 0.468 e. The fraction of sp³-hybridized carbons (Fsp3) is 0.231. The number of carbonyl (C=O) groups is 1. The molecule has 0 saturated carbocycles. The molecular formula is C13H14N2O2S. The highest BCUT2D eigenvalue weighted by Gasteiger charge is 2.16. The molecule has 94 valence electrons. The zero-order valence-electron chi connectivity index (χ0n) is 10.00. The van der Waals surface area contributed by atoms with Crippen LogP contribution >= 0.6 is 11.3 Å². The molecule has 0 aliphatic heterocycles. The molecule has 0 aliphatic carbocycles. The smallest absolute Gasteiger partial charge is 0.323 e. The van der Waals surface area contributed by atoms with Crippen LogP contribution < -0.4 is 5.73 Å². The van der Waals surface area contributed by atoms with Crippen molar-refractivity contribution in [2.45, 2.75) is 12.5 Å². The van der Waals surface area contributed by atoms with Crippen molar-refractivity contribution >= 4 is 17.3 Å². The van der Waals surface area contributed by atoms with Crippen molar-refractivity contribution < 1.29 is 9.53 Å². The predicted molar refractivity (Wildman–Crippen MR) is 71.2 cm³/mol. The molecule has 0 radical (unpaired) electrons. The molecule has 0 bridgehead atoms. The van der Waals surface area contributed by atoms with Crippen molar-refractivity contribution in [1.29, 1.82) is 0 Å². The van der Waals surface area contributed by atoms with Gasteiger partial charge in [-0.3, -0.25) is 4.79 Å². The van der Waals surface area contributed by atoms with Crippen LogP contribution in [0, 0.1) is 0 Å². The minimum atomic E-state index is -0.652. The Bertz CT molecular complexity index is 525. The summed E-state index contributed by atoms with van der Waals surface area (Å²) in [5, 5.41) is 2.85. The van der Waals surface area contributed by atoms with Gasteiger partial charge in [-0.15, -0.1) is 11.3 Å². The lowest BCUT2D eigenvalue weighted by molar-refractivity contribution is -0.142. The molecule has 1 atom stereocenters. The fourth-order valence-electron chi connectivity index (χ4n) is 1.57. The maximum Gasteiger partial charge on any atom is 0.323 e. The summed E-state index contributed by atoms with van der Waals surface area (Å²) in [5.74, 6) is -0.413. The van der Waals surface area contributed by atoms with Crippen LogP contribution in [0.4, 0.5) is 0 Å². The summed E-state index contributed by atoms with van der Waals surface area (Å²) in [7, 11) is 1.33. The molecule has 2 rings (SSSR count). The van der Waals surface area contributed by atoms with Crippen LogP contribution in [0.2, 0.25) is 0 Å². The highest BCUT2D eigenvalue weighted by atomic mass is 32.1. The third-order valence-corrected chi connectivity index (χ3v) is 3.45. The van der Waals surface area contributed by atoms with Gasteiger partial charge in [-0.1, -0.05) is 30.3 Å². The Hall–Kier alpha value is -1.72. The molecule has 5 heteroatoms. The highest BCUT2D eigenvalue weighted by Crippen LogP contribution is 2.23. The van der Waals surface area contributed by atoms with Gasteiger partial charge in [0.05, 0.1) is 12.8 Å². The van der Waals surface area contributed by atoms with Crippen LogP contribution in [0.1, 0.15) is 5.69 Å². The number of carbonyl (C=O) groups excluding carboxylic acids is 1. The first-order chi connectivity index (χ1) is 8.70. The van der Waals surface area contributed by atoms with Crippen LogP contribution in [0.5, 0.6) is 0 Å². The fourth-order valence-corrected chi connectivity index (χ4v) is 2.41. The second-order valence-electron chi connectivity index (χ2n) is 3.84. The summed E-state index contributed by atoms with van der Waals surface area (Å²) < 4.78 is 4.59. The van der Waals surface area contributed by atoms with E-state index in [1.54, 1.807) is 11.3 Å². The number of benzene rings is 1. The summed E-state index contributed by atoms with van der Waals surface area (Å²) in [6.07, 6.45) is 0.399. The molecule has 0 unspecified atom stereocenters. The summed E-state index contributed by atoms with van der Waals surface area (Å²) >= 11 is 1.55. The topological polar surface area (TPSA) is 65.2 Å². The highest BCUT2D eigenvalue weighted by molar-refractivity contribution is 7.13. The van der Waals surface area contributed by atoms with E-state index in [0.717, 1.165) is 16.3 Å². The quantitative estimate of drug-likeness (QED) is 0.854. The SMILES string of the molecule is COC(=O)[C@@H](N)Cc1csc(-c2ccccc2)n1. The van der Waals surface area contributed by atoms with Crippen LogP contribution in [0.15, 0.2) is 35.7 Å². The maximum absolute atomic E-state index is 11.2. The van der Waals surface area contributed by atoms with E-state index in [1.807, 2.05) is 35.7 Å². The second kappa shape index (κ2) is 5.75. The summed E-state index contributed by atoms with van der Waals surface area (Å²) in [6, 6.07) is 9.25. The van der Waals surface area contributed by atoms with Gasteiger partial charge >= 0.3 is 5.97 Å². The Morgan fingerprint density at radius 1 is 1.44 bits per heavy atom. The number of hydrogen-bond acceptors (Lipinski definition) is 5. The molecule has 1 aromatic carbocycles. The number of esters is 1. The lowest BCUT2D eigenvalue weighted by Crippen LogP contribution is -2.33.